The number of pyridine rings is 1. The molecule has 96 valence electrons. The summed E-state index contributed by atoms with van der Waals surface area (Å²) in [6.07, 6.45) is 0.0515. The lowest BCUT2D eigenvalue weighted by atomic mass is 10.2. The van der Waals surface area contributed by atoms with Gasteiger partial charge in [0, 0.05) is 22.8 Å². The smallest absolute Gasteiger partial charge is 0.272 e. The van der Waals surface area contributed by atoms with Gasteiger partial charge >= 0.3 is 0 Å². The van der Waals surface area contributed by atoms with Crippen molar-refractivity contribution in [3.05, 3.63) is 22.3 Å². The molecular weight excluding hydrogens is 294 g/mol. The second kappa shape index (κ2) is 7.55. The molecule has 0 radical (unpaired) electrons. The number of alkyl halides is 2. The highest BCUT2D eigenvalue weighted by Gasteiger charge is 2.09. The molecule has 17 heavy (non-hydrogen) atoms. The molecule has 0 saturated heterocycles. The first kappa shape index (κ1) is 14.3. The van der Waals surface area contributed by atoms with E-state index < -0.39 is 13.0 Å². The Labute approximate surface area is 108 Å². The molecule has 0 aliphatic carbocycles. The van der Waals surface area contributed by atoms with Crippen molar-refractivity contribution < 1.29 is 13.5 Å². The number of halogens is 3. The van der Waals surface area contributed by atoms with E-state index in [9.17, 15) is 8.78 Å². The van der Waals surface area contributed by atoms with Gasteiger partial charge in [-0.2, -0.15) is 0 Å². The first-order valence-corrected chi connectivity index (χ1v) is 6.19. The van der Waals surface area contributed by atoms with Crippen LogP contribution in [0.3, 0.4) is 0 Å². The molecule has 0 spiro atoms. The van der Waals surface area contributed by atoms with Crippen LogP contribution < -0.4 is 10.1 Å². The van der Waals surface area contributed by atoms with Crippen molar-refractivity contribution in [2.75, 3.05) is 13.2 Å². The minimum Gasteiger partial charge on any atom is -0.471 e. The van der Waals surface area contributed by atoms with Gasteiger partial charge in [-0.15, -0.1) is 0 Å². The van der Waals surface area contributed by atoms with Crippen LogP contribution in [0.25, 0.3) is 0 Å². The fraction of sp³-hybridized carbons (Fsp3) is 0.545. The average molecular weight is 309 g/mol. The molecule has 1 N–H and O–H groups in total. The zero-order valence-corrected chi connectivity index (χ0v) is 11.1. The Hall–Kier alpha value is -0.750. The van der Waals surface area contributed by atoms with E-state index in [1.807, 2.05) is 6.07 Å². The van der Waals surface area contributed by atoms with Gasteiger partial charge in [0.1, 0.15) is 0 Å². The van der Waals surface area contributed by atoms with Crippen LogP contribution in [0.5, 0.6) is 5.88 Å². The number of hydrogen-bond donors (Lipinski definition) is 1. The number of nitrogens with one attached hydrogen (secondary N) is 1. The topological polar surface area (TPSA) is 34.2 Å². The van der Waals surface area contributed by atoms with E-state index >= 15 is 0 Å². The van der Waals surface area contributed by atoms with Gasteiger partial charge in [0.2, 0.25) is 5.88 Å². The van der Waals surface area contributed by atoms with Crippen molar-refractivity contribution in [2.45, 2.75) is 26.3 Å². The molecule has 0 amide bonds. The zero-order chi connectivity index (χ0) is 12.7. The predicted molar refractivity (Wildman–Crippen MR) is 65.4 cm³/mol. The summed E-state index contributed by atoms with van der Waals surface area (Å²) in [7, 11) is 0. The largest absolute Gasteiger partial charge is 0.471 e. The lowest BCUT2D eigenvalue weighted by Gasteiger charge is -2.11. The number of rotatable bonds is 7. The van der Waals surface area contributed by atoms with Crippen LogP contribution in [-0.2, 0) is 6.54 Å². The van der Waals surface area contributed by atoms with Crippen LogP contribution in [0, 0.1) is 0 Å². The maximum Gasteiger partial charge on any atom is 0.272 e. The Bertz CT molecular complexity index is 350. The van der Waals surface area contributed by atoms with E-state index in [-0.39, 0.29) is 5.88 Å². The number of aromatic nitrogens is 1. The molecule has 1 rings (SSSR count). The highest BCUT2D eigenvalue weighted by atomic mass is 79.9. The Morgan fingerprint density at radius 1 is 1.53 bits per heavy atom. The zero-order valence-electron chi connectivity index (χ0n) is 9.55. The molecule has 1 aromatic rings. The maximum atomic E-state index is 12.1. The molecule has 0 atom stereocenters. The third-order valence-corrected chi connectivity index (χ3v) is 2.41. The normalized spacial score (nSPS) is 10.9. The number of ether oxygens (including phenoxy) is 1. The second-order valence-electron chi connectivity index (χ2n) is 3.50. The third-order valence-electron chi connectivity index (χ3n) is 1.98. The number of nitrogens with zero attached hydrogens (tertiary/aromatic N) is 1. The number of hydrogen-bond acceptors (Lipinski definition) is 3. The van der Waals surface area contributed by atoms with E-state index in [4.69, 9.17) is 4.74 Å². The van der Waals surface area contributed by atoms with Gasteiger partial charge in [-0.25, -0.2) is 13.8 Å². The molecule has 0 aliphatic heterocycles. The van der Waals surface area contributed by atoms with E-state index in [1.54, 1.807) is 0 Å². The van der Waals surface area contributed by atoms with Gasteiger partial charge in [-0.1, -0.05) is 6.92 Å². The molecular formula is C11H15BrF2N2O. The van der Waals surface area contributed by atoms with E-state index in [0.717, 1.165) is 23.0 Å². The summed E-state index contributed by atoms with van der Waals surface area (Å²) in [6, 6.07) is 1.82. The third kappa shape index (κ3) is 5.41. The second-order valence-corrected chi connectivity index (χ2v) is 4.41. The molecule has 0 bridgehead atoms. The first-order valence-electron chi connectivity index (χ1n) is 5.39. The summed E-state index contributed by atoms with van der Waals surface area (Å²) in [5.41, 5.74) is 0.772. The molecule has 1 aromatic heterocycles. The van der Waals surface area contributed by atoms with E-state index in [0.29, 0.717) is 6.54 Å². The van der Waals surface area contributed by atoms with Gasteiger partial charge in [0.25, 0.3) is 6.43 Å². The lowest BCUT2D eigenvalue weighted by Crippen LogP contribution is -2.16. The molecule has 0 unspecified atom stereocenters. The van der Waals surface area contributed by atoms with Crippen LogP contribution in [0.2, 0.25) is 0 Å². The average Bonchev–Trinajstić information content (AvgIpc) is 2.28. The fourth-order valence-corrected chi connectivity index (χ4v) is 1.65. The van der Waals surface area contributed by atoms with Gasteiger partial charge in [0.05, 0.1) is 0 Å². The Kier molecular flexibility index (Phi) is 6.36. The SMILES string of the molecule is CCCNCc1cc(Br)cnc1OCC(F)F. The van der Waals surface area contributed by atoms with Crippen molar-refractivity contribution in [1.82, 2.24) is 10.3 Å². The Balaban J connectivity index is 2.66. The quantitative estimate of drug-likeness (QED) is 0.786. The van der Waals surface area contributed by atoms with Gasteiger partial charge in [-0.3, -0.25) is 0 Å². The highest BCUT2D eigenvalue weighted by Crippen LogP contribution is 2.20. The summed E-state index contributed by atoms with van der Waals surface area (Å²) < 4.78 is 29.9. The van der Waals surface area contributed by atoms with Crippen LogP contribution in [0.1, 0.15) is 18.9 Å². The molecule has 0 fully saturated rings. The van der Waals surface area contributed by atoms with Gasteiger partial charge in [-0.05, 0) is 35.0 Å². The molecule has 0 saturated carbocycles. The lowest BCUT2D eigenvalue weighted by molar-refractivity contribution is 0.0790. The maximum absolute atomic E-state index is 12.1. The predicted octanol–water partition coefficient (Wildman–Crippen LogP) is 2.99. The van der Waals surface area contributed by atoms with E-state index in [2.05, 4.69) is 33.2 Å². The van der Waals surface area contributed by atoms with Crippen molar-refractivity contribution in [1.29, 1.82) is 0 Å². The standard InChI is InChI=1S/C11H15BrF2N2O/c1-2-3-15-5-8-4-9(12)6-16-11(8)17-7-10(13)14/h4,6,10,15H,2-3,5,7H2,1H3. The molecule has 1 heterocycles. The van der Waals surface area contributed by atoms with Crippen LogP contribution in [-0.4, -0.2) is 24.6 Å². The van der Waals surface area contributed by atoms with Gasteiger partial charge in [0.15, 0.2) is 6.61 Å². The van der Waals surface area contributed by atoms with Crippen molar-refractivity contribution >= 4 is 15.9 Å². The monoisotopic (exact) mass is 308 g/mol. The molecule has 0 aliphatic rings. The fourth-order valence-electron chi connectivity index (χ4n) is 1.27. The van der Waals surface area contributed by atoms with Gasteiger partial charge < -0.3 is 10.1 Å². The molecule has 6 heteroatoms. The minimum absolute atomic E-state index is 0.261. The van der Waals surface area contributed by atoms with Crippen molar-refractivity contribution in [3.63, 3.8) is 0 Å². The van der Waals surface area contributed by atoms with Crippen LogP contribution in [0.4, 0.5) is 8.78 Å². The summed E-state index contributed by atoms with van der Waals surface area (Å²) in [6.45, 7) is 2.84. The van der Waals surface area contributed by atoms with Crippen molar-refractivity contribution in [3.8, 4) is 5.88 Å². The summed E-state index contributed by atoms with van der Waals surface area (Å²) >= 11 is 3.29. The highest BCUT2D eigenvalue weighted by molar-refractivity contribution is 9.10. The summed E-state index contributed by atoms with van der Waals surface area (Å²) in [5.74, 6) is 0.261. The van der Waals surface area contributed by atoms with Crippen LogP contribution in [0.15, 0.2) is 16.7 Å². The van der Waals surface area contributed by atoms with Crippen LogP contribution >= 0.6 is 15.9 Å². The summed E-state index contributed by atoms with van der Waals surface area (Å²) in [5, 5.41) is 3.18. The van der Waals surface area contributed by atoms with Crippen molar-refractivity contribution in [2.24, 2.45) is 0 Å². The Morgan fingerprint density at radius 3 is 2.94 bits per heavy atom. The Morgan fingerprint density at radius 2 is 2.29 bits per heavy atom. The molecule has 0 aromatic carbocycles. The minimum atomic E-state index is -2.49. The summed E-state index contributed by atoms with van der Waals surface area (Å²) in [4.78, 5) is 3.99. The van der Waals surface area contributed by atoms with E-state index in [1.165, 1.54) is 6.20 Å². The first-order chi connectivity index (χ1) is 8.13. The molecule has 3 nitrogen and oxygen atoms in total.